The Morgan fingerprint density at radius 3 is 2.50 bits per heavy atom. The van der Waals surface area contributed by atoms with Gasteiger partial charge in [-0.2, -0.15) is 0 Å². The second kappa shape index (κ2) is 6.16. The van der Waals surface area contributed by atoms with Crippen molar-refractivity contribution in [3.05, 3.63) is 24.3 Å². The highest BCUT2D eigenvalue weighted by atomic mass is 16.5. The predicted molar refractivity (Wildman–Crippen MR) is 78.1 cm³/mol. The van der Waals surface area contributed by atoms with E-state index in [2.05, 4.69) is 19.2 Å². The average Bonchev–Trinajstić information content (AvgIpc) is 2.76. The van der Waals surface area contributed by atoms with Crippen LogP contribution in [-0.4, -0.2) is 25.7 Å². The molecule has 1 aliphatic rings. The fourth-order valence-corrected chi connectivity index (χ4v) is 2.65. The maximum Gasteiger partial charge on any atom is 0.258 e. The van der Waals surface area contributed by atoms with E-state index in [1.807, 2.05) is 12.1 Å². The van der Waals surface area contributed by atoms with Gasteiger partial charge in [-0.3, -0.25) is 4.79 Å². The lowest BCUT2D eigenvalue weighted by Gasteiger charge is -2.18. The van der Waals surface area contributed by atoms with Gasteiger partial charge < -0.3 is 14.8 Å². The molecule has 0 bridgehead atoms. The molecule has 1 N–H and O–H groups in total. The van der Waals surface area contributed by atoms with Gasteiger partial charge in [-0.15, -0.1) is 0 Å². The molecule has 1 atom stereocenters. The zero-order valence-electron chi connectivity index (χ0n) is 12.4. The van der Waals surface area contributed by atoms with E-state index in [1.54, 1.807) is 19.2 Å². The van der Waals surface area contributed by atoms with Crippen LogP contribution in [-0.2, 0) is 4.79 Å². The number of hydrogen-bond acceptors (Lipinski definition) is 3. The van der Waals surface area contributed by atoms with E-state index in [-0.39, 0.29) is 18.6 Å². The van der Waals surface area contributed by atoms with Crippen LogP contribution in [0.15, 0.2) is 24.3 Å². The lowest BCUT2D eigenvalue weighted by atomic mass is 9.92. The highest BCUT2D eigenvalue weighted by Crippen LogP contribution is 2.36. The number of rotatable bonds is 5. The van der Waals surface area contributed by atoms with Crippen molar-refractivity contribution >= 4 is 5.91 Å². The van der Waals surface area contributed by atoms with Gasteiger partial charge in [-0.05, 0) is 48.9 Å². The molecule has 4 nitrogen and oxygen atoms in total. The van der Waals surface area contributed by atoms with Gasteiger partial charge in [0, 0.05) is 6.04 Å². The maximum atomic E-state index is 11.8. The van der Waals surface area contributed by atoms with Gasteiger partial charge in [0.05, 0.1) is 7.11 Å². The van der Waals surface area contributed by atoms with Gasteiger partial charge in [-0.1, -0.05) is 13.8 Å². The Morgan fingerprint density at radius 2 is 1.95 bits per heavy atom. The van der Waals surface area contributed by atoms with Crippen molar-refractivity contribution < 1.29 is 14.3 Å². The van der Waals surface area contributed by atoms with Gasteiger partial charge in [0.2, 0.25) is 0 Å². The summed E-state index contributed by atoms with van der Waals surface area (Å²) >= 11 is 0. The minimum absolute atomic E-state index is 0.0523. The SMILES string of the molecule is COc1ccc(OCC(=O)NC2CCC(C)(C)C2)cc1. The Kier molecular flexibility index (Phi) is 4.53. The van der Waals surface area contributed by atoms with Crippen molar-refractivity contribution in [2.45, 2.75) is 39.2 Å². The van der Waals surface area contributed by atoms with Gasteiger partial charge >= 0.3 is 0 Å². The smallest absolute Gasteiger partial charge is 0.258 e. The quantitative estimate of drug-likeness (QED) is 0.900. The molecule has 0 spiro atoms. The predicted octanol–water partition coefficient (Wildman–Crippen LogP) is 2.77. The second-order valence-electron chi connectivity index (χ2n) is 6.14. The van der Waals surface area contributed by atoms with Crippen molar-refractivity contribution in [3.63, 3.8) is 0 Å². The summed E-state index contributed by atoms with van der Waals surface area (Å²) in [6.45, 7) is 4.54. The van der Waals surface area contributed by atoms with Crippen LogP contribution in [0.1, 0.15) is 33.1 Å². The molecule has 0 aliphatic heterocycles. The van der Waals surface area contributed by atoms with E-state index in [9.17, 15) is 4.79 Å². The highest BCUT2D eigenvalue weighted by molar-refractivity contribution is 5.77. The summed E-state index contributed by atoms with van der Waals surface area (Å²) < 4.78 is 10.5. The number of carbonyl (C=O) groups excluding carboxylic acids is 1. The molecule has 2 rings (SSSR count). The third-order valence-corrected chi connectivity index (χ3v) is 3.76. The van der Waals surface area contributed by atoms with E-state index >= 15 is 0 Å². The summed E-state index contributed by atoms with van der Waals surface area (Å²) in [6.07, 6.45) is 3.26. The number of amides is 1. The maximum absolute atomic E-state index is 11.8. The molecule has 0 aromatic heterocycles. The minimum Gasteiger partial charge on any atom is -0.497 e. The number of nitrogens with one attached hydrogen (secondary N) is 1. The Hall–Kier alpha value is -1.71. The van der Waals surface area contributed by atoms with Gasteiger partial charge in [0.25, 0.3) is 5.91 Å². The highest BCUT2D eigenvalue weighted by Gasteiger charge is 2.31. The molecule has 110 valence electrons. The average molecular weight is 277 g/mol. The molecule has 0 saturated heterocycles. The molecular weight excluding hydrogens is 254 g/mol. The first kappa shape index (κ1) is 14.7. The Labute approximate surface area is 120 Å². The summed E-state index contributed by atoms with van der Waals surface area (Å²) in [6, 6.07) is 7.51. The zero-order valence-corrected chi connectivity index (χ0v) is 12.4. The minimum atomic E-state index is -0.0523. The number of carbonyl (C=O) groups is 1. The fraction of sp³-hybridized carbons (Fsp3) is 0.562. The van der Waals surface area contributed by atoms with Crippen LogP contribution in [0.4, 0.5) is 0 Å². The summed E-state index contributed by atoms with van der Waals surface area (Å²) in [7, 11) is 1.62. The van der Waals surface area contributed by atoms with E-state index in [1.165, 1.54) is 0 Å². The van der Waals surface area contributed by atoms with Gasteiger partial charge in [-0.25, -0.2) is 0 Å². The normalized spacial score (nSPS) is 20.4. The summed E-state index contributed by atoms with van der Waals surface area (Å²) in [5.41, 5.74) is 0.342. The molecule has 1 saturated carbocycles. The first-order valence-electron chi connectivity index (χ1n) is 7.05. The first-order valence-corrected chi connectivity index (χ1v) is 7.05. The molecule has 1 fully saturated rings. The van der Waals surface area contributed by atoms with Crippen molar-refractivity contribution in [1.82, 2.24) is 5.32 Å². The molecule has 1 aromatic carbocycles. The van der Waals surface area contributed by atoms with E-state index in [0.29, 0.717) is 11.2 Å². The largest absolute Gasteiger partial charge is 0.497 e. The Balaban J connectivity index is 1.74. The van der Waals surface area contributed by atoms with Crippen LogP contribution in [0.5, 0.6) is 11.5 Å². The Morgan fingerprint density at radius 1 is 1.30 bits per heavy atom. The van der Waals surface area contributed by atoms with Crippen LogP contribution in [0, 0.1) is 5.41 Å². The topological polar surface area (TPSA) is 47.6 Å². The van der Waals surface area contributed by atoms with Crippen molar-refractivity contribution in [2.24, 2.45) is 5.41 Å². The standard InChI is InChI=1S/C16H23NO3/c1-16(2)9-8-12(10-16)17-15(18)11-20-14-6-4-13(19-3)5-7-14/h4-7,12H,8-11H2,1-3H3,(H,17,18). The monoisotopic (exact) mass is 277 g/mol. The summed E-state index contributed by atoms with van der Waals surface area (Å²) in [4.78, 5) is 11.8. The molecule has 0 heterocycles. The fourth-order valence-electron chi connectivity index (χ4n) is 2.65. The summed E-state index contributed by atoms with van der Waals surface area (Å²) in [5, 5.41) is 3.04. The van der Waals surface area contributed by atoms with Crippen LogP contribution in [0.25, 0.3) is 0 Å². The van der Waals surface area contributed by atoms with Gasteiger partial charge in [0.15, 0.2) is 6.61 Å². The molecule has 0 radical (unpaired) electrons. The second-order valence-corrected chi connectivity index (χ2v) is 6.14. The number of benzene rings is 1. The van der Waals surface area contributed by atoms with Crippen LogP contribution >= 0.6 is 0 Å². The molecule has 1 aliphatic carbocycles. The molecular formula is C16H23NO3. The zero-order chi connectivity index (χ0) is 14.6. The third kappa shape index (κ3) is 4.15. The number of hydrogen-bond donors (Lipinski definition) is 1. The van der Waals surface area contributed by atoms with Crippen LogP contribution in [0.2, 0.25) is 0 Å². The lowest BCUT2D eigenvalue weighted by Crippen LogP contribution is -2.36. The Bertz CT molecular complexity index is 453. The molecule has 4 heteroatoms. The van der Waals surface area contributed by atoms with Crippen molar-refractivity contribution in [2.75, 3.05) is 13.7 Å². The lowest BCUT2D eigenvalue weighted by molar-refractivity contribution is -0.123. The molecule has 1 amide bonds. The molecule has 1 unspecified atom stereocenters. The van der Waals surface area contributed by atoms with E-state index < -0.39 is 0 Å². The van der Waals surface area contributed by atoms with Crippen LogP contribution < -0.4 is 14.8 Å². The number of methoxy groups -OCH3 is 1. The third-order valence-electron chi connectivity index (χ3n) is 3.76. The van der Waals surface area contributed by atoms with E-state index in [4.69, 9.17) is 9.47 Å². The van der Waals surface area contributed by atoms with Crippen LogP contribution in [0.3, 0.4) is 0 Å². The number of ether oxygens (including phenoxy) is 2. The van der Waals surface area contributed by atoms with E-state index in [0.717, 1.165) is 25.0 Å². The molecule has 20 heavy (non-hydrogen) atoms. The summed E-state index contributed by atoms with van der Waals surface area (Å²) in [5.74, 6) is 1.39. The van der Waals surface area contributed by atoms with Crippen molar-refractivity contribution in [3.8, 4) is 11.5 Å². The van der Waals surface area contributed by atoms with Crippen molar-refractivity contribution in [1.29, 1.82) is 0 Å². The molecule has 1 aromatic rings. The van der Waals surface area contributed by atoms with Gasteiger partial charge in [0.1, 0.15) is 11.5 Å². The first-order chi connectivity index (χ1) is 9.48.